The van der Waals surface area contributed by atoms with E-state index in [1.165, 1.54) is 49.4 Å². The second kappa shape index (κ2) is 8.73. The van der Waals surface area contributed by atoms with Crippen LogP contribution in [0.4, 0.5) is 0 Å². The van der Waals surface area contributed by atoms with Crippen LogP contribution < -0.4 is 0 Å². The number of para-hydroxylation sites is 3. The third-order valence-electron chi connectivity index (χ3n) is 7.95. The number of nitriles is 1. The number of rotatable bonds is 3. The van der Waals surface area contributed by atoms with Crippen LogP contribution in [0.3, 0.4) is 0 Å². The fraction of sp³-hybridized carbons (Fsp3) is 0. The average molecular weight is 510 g/mol. The monoisotopic (exact) mass is 509 g/mol. The van der Waals surface area contributed by atoms with Gasteiger partial charge in [0.25, 0.3) is 0 Å². The van der Waals surface area contributed by atoms with Crippen molar-refractivity contribution in [3.63, 3.8) is 0 Å². The van der Waals surface area contributed by atoms with E-state index >= 15 is 0 Å². The van der Waals surface area contributed by atoms with Gasteiger partial charge in [-0.1, -0.05) is 66.7 Å². The lowest BCUT2D eigenvalue weighted by atomic mass is 10.0. The highest BCUT2D eigenvalue weighted by Gasteiger charge is 2.15. The summed E-state index contributed by atoms with van der Waals surface area (Å²) in [7, 11) is 0. The first-order valence-corrected chi connectivity index (χ1v) is 13.4. The van der Waals surface area contributed by atoms with Gasteiger partial charge in [0, 0.05) is 32.9 Å². The third-order valence-corrected chi connectivity index (χ3v) is 7.95. The standard InChI is InChI=1S/C37H23N3/c38-24-25-14-18-29(19-15-25)40-35-13-7-5-11-31(35)33-23-27(17-21-37(33)40)26-16-20-36-32(22-26)30-10-4-6-12-34(30)39(36)28-8-2-1-3-9-28/h1-23H. The van der Waals surface area contributed by atoms with Gasteiger partial charge in [0.15, 0.2) is 0 Å². The molecule has 0 spiro atoms. The Bertz CT molecular complexity index is 2260. The van der Waals surface area contributed by atoms with Gasteiger partial charge in [-0.25, -0.2) is 0 Å². The number of hydrogen-bond donors (Lipinski definition) is 0. The quantitative estimate of drug-likeness (QED) is 0.233. The highest BCUT2D eigenvalue weighted by atomic mass is 15.0. The Hall–Kier alpha value is -5.59. The van der Waals surface area contributed by atoms with Gasteiger partial charge < -0.3 is 9.13 Å². The van der Waals surface area contributed by atoms with Crippen molar-refractivity contribution in [2.75, 3.05) is 0 Å². The van der Waals surface area contributed by atoms with Crippen LogP contribution in [-0.4, -0.2) is 9.13 Å². The second-order valence-electron chi connectivity index (χ2n) is 10.2. The first-order chi connectivity index (χ1) is 19.8. The van der Waals surface area contributed by atoms with Crippen molar-refractivity contribution >= 4 is 43.6 Å². The lowest BCUT2D eigenvalue weighted by Crippen LogP contribution is -1.93. The maximum atomic E-state index is 9.27. The lowest BCUT2D eigenvalue weighted by Gasteiger charge is -2.09. The maximum absolute atomic E-state index is 9.27. The number of nitrogens with zero attached hydrogens (tertiary/aromatic N) is 3. The molecule has 6 aromatic carbocycles. The van der Waals surface area contributed by atoms with E-state index in [4.69, 9.17) is 0 Å². The molecule has 2 aromatic heterocycles. The zero-order chi connectivity index (χ0) is 26.6. The van der Waals surface area contributed by atoms with Gasteiger partial charge in [-0.05, 0) is 83.9 Å². The molecule has 0 atom stereocenters. The van der Waals surface area contributed by atoms with Gasteiger partial charge in [0.2, 0.25) is 0 Å². The summed E-state index contributed by atoms with van der Waals surface area (Å²) >= 11 is 0. The molecule has 3 heteroatoms. The number of fused-ring (bicyclic) bond motifs is 6. The average Bonchev–Trinajstić information content (AvgIpc) is 3.54. The SMILES string of the molecule is N#Cc1ccc(-n2c3ccccc3c3cc(-c4ccc5c(c4)c4ccccc4n5-c4ccccc4)ccc32)cc1. The summed E-state index contributed by atoms with van der Waals surface area (Å²) in [5, 5.41) is 14.2. The number of benzene rings is 6. The van der Waals surface area contributed by atoms with Crippen molar-refractivity contribution in [1.29, 1.82) is 5.26 Å². The zero-order valence-corrected chi connectivity index (χ0v) is 21.6. The van der Waals surface area contributed by atoms with Crippen molar-refractivity contribution in [3.05, 3.63) is 145 Å². The van der Waals surface area contributed by atoms with E-state index in [1.54, 1.807) is 0 Å². The van der Waals surface area contributed by atoms with Crippen LogP contribution in [0.5, 0.6) is 0 Å². The van der Waals surface area contributed by atoms with Crippen LogP contribution in [0.25, 0.3) is 66.1 Å². The molecule has 0 unspecified atom stereocenters. The van der Waals surface area contributed by atoms with Crippen molar-refractivity contribution in [2.45, 2.75) is 0 Å². The van der Waals surface area contributed by atoms with E-state index in [0.29, 0.717) is 5.56 Å². The summed E-state index contributed by atoms with van der Waals surface area (Å²) in [6, 6.07) is 51.4. The Kier molecular flexibility index (Phi) is 4.89. The fourth-order valence-corrected chi connectivity index (χ4v) is 6.12. The van der Waals surface area contributed by atoms with Gasteiger partial charge in [-0.15, -0.1) is 0 Å². The minimum absolute atomic E-state index is 0.663. The molecule has 8 aromatic rings. The molecule has 40 heavy (non-hydrogen) atoms. The van der Waals surface area contributed by atoms with Gasteiger partial charge in [0.1, 0.15) is 0 Å². The highest BCUT2D eigenvalue weighted by molar-refractivity contribution is 6.12. The summed E-state index contributed by atoms with van der Waals surface area (Å²) in [6.07, 6.45) is 0. The first-order valence-electron chi connectivity index (χ1n) is 13.4. The molecular weight excluding hydrogens is 486 g/mol. The van der Waals surface area contributed by atoms with Crippen molar-refractivity contribution in [1.82, 2.24) is 9.13 Å². The Balaban J connectivity index is 1.34. The molecule has 0 aliphatic rings. The molecule has 0 bridgehead atoms. The van der Waals surface area contributed by atoms with Crippen LogP contribution in [-0.2, 0) is 0 Å². The van der Waals surface area contributed by atoms with Gasteiger partial charge in [-0.3, -0.25) is 0 Å². The predicted octanol–water partition coefficient (Wildman–Crippen LogP) is 9.42. The minimum atomic E-state index is 0.663. The van der Waals surface area contributed by atoms with E-state index < -0.39 is 0 Å². The van der Waals surface area contributed by atoms with Gasteiger partial charge in [0.05, 0.1) is 33.7 Å². The molecule has 186 valence electrons. The summed E-state index contributed by atoms with van der Waals surface area (Å²) in [5.74, 6) is 0. The highest BCUT2D eigenvalue weighted by Crippen LogP contribution is 2.38. The van der Waals surface area contributed by atoms with Gasteiger partial charge >= 0.3 is 0 Å². The zero-order valence-electron chi connectivity index (χ0n) is 21.6. The van der Waals surface area contributed by atoms with E-state index in [0.717, 1.165) is 16.7 Å². The van der Waals surface area contributed by atoms with Crippen LogP contribution in [0, 0.1) is 11.3 Å². The Morgan fingerprint density at radius 3 is 1.38 bits per heavy atom. The summed E-state index contributed by atoms with van der Waals surface area (Å²) < 4.78 is 4.63. The predicted molar refractivity (Wildman–Crippen MR) is 165 cm³/mol. The molecule has 2 heterocycles. The van der Waals surface area contributed by atoms with E-state index in [2.05, 4.69) is 130 Å². The van der Waals surface area contributed by atoms with Crippen LogP contribution >= 0.6 is 0 Å². The first kappa shape index (κ1) is 22.4. The smallest absolute Gasteiger partial charge is 0.0991 e. The summed E-state index contributed by atoms with van der Waals surface area (Å²) in [6.45, 7) is 0. The summed E-state index contributed by atoms with van der Waals surface area (Å²) in [4.78, 5) is 0. The summed E-state index contributed by atoms with van der Waals surface area (Å²) in [5.41, 5.74) is 9.98. The molecule has 0 aliphatic heterocycles. The molecule has 0 saturated carbocycles. The molecule has 8 rings (SSSR count). The molecule has 0 amide bonds. The third kappa shape index (κ3) is 3.30. The van der Waals surface area contributed by atoms with Gasteiger partial charge in [-0.2, -0.15) is 5.26 Å². The molecule has 0 saturated heterocycles. The van der Waals surface area contributed by atoms with E-state index in [1.807, 2.05) is 24.3 Å². The maximum Gasteiger partial charge on any atom is 0.0991 e. The Morgan fingerprint density at radius 1 is 0.400 bits per heavy atom. The normalized spacial score (nSPS) is 11.5. The molecule has 0 fully saturated rings. The van der Waals surface area contributed by atoms with Crippen LogP contribution in [0.1, 0.15) is 5.56 Å². The topological polar surface area (TPSA) is 33.6 Å². The minimum Gasteiger partial charge on any atom is -0.309 e. The number of aromatic nitrogens is 2. The molecule has 3 nitrogen and oxygen atoms in total. The second-order valence-corrected chi connectivity index (χ2v) is 10.2. The molecule has 0 aliphatic carbocycles. The molecule has 0 radical (unpaired) electrons. The van der Waals surface area contributed by atoms with E-state index in [-0.39, 0.29) is 0 Å². The van der Waals surface area contributed by atoms with Crippen LogP contribution in [0.15, 0.2) is 140 Å². The van der Waals surface area contributed by atoms with Crippen molar-refractivity contribution in [3.8, 4) is 28.6 Å². The lowest BCUT2D eigenvalue weighted by molar-refractivity contribution is 1.18. The van der Waals surface area contributed by atoms with Crippen molar-refractivity contribution < 1.29 is 0 Å². The molecular formula is C37H23N3. The van der Waals surface area contributed by atoms with Crippen LogP contribution in [0.2, 0.25) is 0 Å². The fourth-order valence-electron chi connectivity index (χ4n) is 6.12. The largest absolute Gasteiger partial charge is 0.309 e. The van der Waals surface area contributed by atoms with E-state index in [9.17, 15) is 5.26 Å². The van der Waals surface area contributed by atoms with Crippen molar-refractivity contribution in [2.24, 2.45) is 0 Å². The number of hydrogen-bond acceptors (Lipinski definition) is 1. The Labute approximate surface area is 231 Å². The molecule has 0 N–H and O–H groups in total. The Morgan fingerprint density at radius 2 is 0.850 bits per heavy atom.